The maximum atomic E-state index is 9.58. The summed E-state index contributed by atoms with van der Waals surface area (Å²) >= 11 is -0.389. The van der Waals surface area contributed by atoms with Gasteiger partial charge in [-0.05, 0) is 48.5 Å². The van der Waals surface area contributed by atoms with E-state index in [1.54, 1.807) is 0 Å². The molecule has 0 unspecified atom stereocenters. The van der Waals surface area contributed by atoms with Crippen molar-refractivity contribution in [1.82, 2.24) is 0 Å². The summed E-state index contributed by atoms with van der Waals surface area (Å²) in [4.78, 5) is 0. The van der Waals surface area contributed by atoms with Gasteiger partial charge < -0.3 is 26.3 Å². The third-order valence-electron chi connectivity index (χ3n) is 4.57. The third kappa shape index (κ3) is 10.7. The van der Waals surface area contributed by atoms with Gasteiger partial charge in [0.25, 0.3) is 0 Å². The molecule has 0 aliphatic rings. The quantitative estimate of drug-likeness (QED) is 0.0854. The number of hydrogen-bond acceptors (Lipinski definition) is 0. The van der Waals surface area contributed by atoms with Crippen molar-refractivity contribution in [2.45, 2.75) is 0 Å². The van der Waals surface area contributed by atoms with E-state index in [0.717, 1.165) is 0 Å². The molecule has 0 heterocycles. The maximum absolute atomic E-state index is 9.58. The molecule has 0 N–H and O–H groups in total. The fraction of sp³-hybridized carbons (Fsp3) is 0. The second kappa shape index (κ2) is 18.5. The standard InChI is InChI=1S/C24H20P.2CF3.Au.2ClH/c1-5-13-21(14-6-1)25(22-15-7-2-8-16-22,23-17-9-3-10-18-23)24-19-11-4-12-20-24;2*2-1(3)4;;;/h1-20H;;;;2*1H/q+1;2*-1;+1;;/p-2. The van der Waals surface area contributed by atoms with Gasteiger partial charge in [-0.1, -0.05) is 72.8 Å². The van der Waals surface area contributed by atoms with E-state index in [0.29, 0.717) is 0 Å². The Hall–Kier alpha value is -1.79. The Labute approximate surface area is 224 Å². The molecule has 0 aliphatic carbocycles. The van der Waals surface area contributed by atoms with Crippen molar-refractivity contribution in [3.8, 4) is 0 Å². The second-order valence-electron chi connectivity index (χ2n) is 6.48. The SMILES string of the molecule is F[C-](F)F.F[C-](F)F.[Cl][Au-][Cl].c1ccc([P+](c2ccccc2)(c2ccccc2)c2ccccc2)cc1. The van der Waals surface area contributed by atoms with Crippen LogP contribution in [-0.2, 0) is 17.6 Å². The van der Waals surface area contributed by atoms with Crippen molar-refractivity contribution < 1.29 is 43.9 Å². The fourth-order valence-corrected chi connectivity index (χ4v) is 7.77. The van der Waals surface area contributed by atoms with Gasteiger partial charge in [0.05, 0.1) is 0 Å². The molecule has 0 spiro atoms. The first-order chi connectivity index (χ1) is 17.3. The Morgan fingerprint density at radius 2 is 0.556 bits per heavy atom. The third-order valence-corrected chi connectivity index (χ3v) is 8.86. The minimum Gasteiger partial charge on any atom is -0.0620 e. The molecule has 36 heavy (non-hydrogen) atoms. The van der Waals surface area contributed by atoms with Crippen molar-refractivity contribution in [2.75, 3.05) is 0 Å². The van der Waals surface area contributed by atoms with Gasteiger partial charge in [0, 0.05) is 0 Å². The van der Waals surface area contributed by atoms with E-state index in [9.17, 15) is 26.3 Å². The summed E-state index contributed by atoms with van der Waals surface area (Å²) in [7, 11) is 7.82. The van der Waals surface area contributed by atoms with Crippen LogP contribution < -0.4 is 21.2 Å². The number of benzene rings is 4. The molecule has 10 heteroatoms. The van der Waals surface area contributed by atoms with Crippen LogP contribution in [0.1, 0.15) is 0 Å². The van der Waals surface area contributed by atoms with Crippen LogP contribution in [0.15, 0.2) is 121 Å². The molecular weight excluding hydrogens is 725 g/mol. The van der Waals surface area contributed by atoms with E-state index in [2.05, 4.69) is 121 Å². The van der Waals surface area contributed by atoms with Crippen LogP contribution in [0.2, 0.25) is 0 Å². The first-order valence-electron chi connectivity index (χ1n) is 9.90. The molecule has 0 amide bonds. The Morgan fingerprint density at radius 3 is 0.694 bits per heavy atom. The van der Waals surface area contributed by atoms with Gasteiger partial charge in [0.1, 0.15) is 28.5 Å². The predicted octanol–water partition coefficient (Wildman–Crippen LogP) is 8.37. The second-order valence-corrected chi connectivity index (χ2v) is 13.0. The summed E-state index contributed by atoms with van der Waals surface area (Å²) in [5.74, 6) is 0. The van der Waals surface area contributed by atoms with Gasteiger partial charge in [-0.25, -0.2) is 0 Å². The van der Waals surface area contributed by atoms with Gasteiger partial charge in [-0.3, -0.25) is 0 Å². The zero-order valence-electron chi connectivity index (χ0n) is 18.3. The van der Waals surface area contributed by atoms with Crippen LogP contribution in [0.4, 0.5) is 26.3 Å². The summed E-state index contributed by atoms with van der Waals surface area (Å²) in [6.07, 6.45) is 0. The first kappa shape index (κ1) is 32.2. The molecule has 0 saturated carbocycles. The van der Waals surface area contributed by atoms with Crippen molar-refractivity contribution in [3.05, 3.63) is 135 Å². The maximum Gasteiger partial charge on any atom is 0.144 e. The van der Waals surface area contributed by atoms with Gasteiger partial charge >= 0.3 is 36.0 Å². The van der Waals surface area contributed by atoms with Crippen LogP contribution >= 0.6 is 25.6 Å². The van der Waals surface area contributed by atoms with Gasteiger partial charge in [0.2, 0.25) is 0 Å². The van der Waals surface area contributed by atoms with Crippen LogP contribution in [0.3, 0.4) is 0 Å². The molecule has 0 aromatic heterocycles. The normalized spacial score (nSPS) is 10.4. The molecule has 0 radical (unpaired) electrons. The van der Waals surface area contributed by atoms with E-state index in [4.69, 9.17) is 18.4 Å². The minimum atomic E-state index is -3.08. The van der Waals surface area contributed by atoms with E-state index in [1.165, 1.54) is 21.2 Å². The summed E-state index contributed by atoms with van der Waals surface area (Å²) in [5.41, 5.74) is 0. The Bertz CT molecular complexity index is 888. The fourth-order valence-electron chi connectivity index (χ4n) is 3.50. The number of halogens is 8. The van der Waals surface area contributed by atoms with Crippen molar-refractivity contribution in [2.24, 2.45) is 0 Å². The molecule has 0 nitrogen and oxygen atoms in total. The first-order valence-corrected chi connectivity index (χ1v) is 17.1. The van der Waals surface area contributed by atoms with Crippen LogP contribution in [0, 0.1) is 13.4 Å². The summed E-state index contributed by atoms with van der Waals surface area (Å²) < 4.78 is 57.5. The van der Waals surface area contributed by atoms with E-state index in [-0.39, 0.29) is 17.6 Å². The van der Waals surface area contributed by atoms with Crippen LogP contribution in [0.25, 0.3) is 0 Å². The minimum absolute atomic E-state index is 0.389. The monoisotopic (exact) mass is 744 g/mol. The molecule has 0 fully saturated rings. The number of rotatable bonds is 4. The largest absolute Gasteiger partial charge is 0.144 e. The zero-order valence-corrected chi connectivity index (χ0v) is 22.9. The summed E-state index contributed by atoms with van der Waals surface area (Å²) in [6.45, 7) is -6.17. The van der Waals surface area contributed by atoms with Crippen molar-refractivity contribution >= 4 is 46.9 Å². The molecule has 4 rings (SSSR count). The molecule has 0 atom stereocenters. The Morgan fingerprint density at radius 1 is 0.417 bits per heavy atom. The molecular formula is C26H20AuCl2F6P-2. The van der Waals surface area contributed by atoms with Gasteiger partial charge in [-0.2, -0.15) is 0 Å². The van der Waals surface area contributed by atoms with E-state index >= 15 is 0 Å². The topological polar surface area (TPSA) is 0 Å². The van der Waals surface area contributed by atoms with Gasteiger partial charge in [0.15, 0.2) is 13.4 Å². The average molecular weight is 745 g/mol. The molecule has 0 saturated heterocycles. The Kier molecular flexibility index (Phi) is 16.5. The molecule has 198 valence electrons. The molecule has 4 aromatic carbocycles. The smallest absolute Gasteiger partial charge is 0.0620 e. The van der Waals surface area contributed by atoms with Gasteiger partial charge in [-0.15, -0.1) is 0 Å². The summed E-state index contributed by atoms with van der Waals surface area (Å²) in [6, 6.07) is 43.8. The number of hydrogen-bond donors (Lipinski definition) is 0. The summed E-state index contributed by atoms with van der Waals surface area (Å²) in [5, 5.41) is 5.55. The van der Waals surface area contributed by atoms with Crippen molar-refractivity contribution in [3.63, 3.8) is 0 Å². The molecule has 0 aliphatic heterocycles. The van der Waals surface area contributed by atoms with Crippen LogP contribution in [-0.4, -0.2) is 0 Å². The zero-order chi connectivity index (χ0) is 26.8. The van der Waals surface area contributed by atoms with E-state index < -0.39 is 20.6 Å². The van der Waals surface area contributed by atoms with E-state index in [1.807, 2.05) is 0 Å². The Balaban J connectivity index is 0.000000503. The van der Waals surface area contributed by atoms with Crippen LogP contribution in [0.5, 0.6) is 0 Å². The van der Waals surface area contributed by atoms with Crippen molar-refractivity contribution in [1.29, 1.82) is 0 Å². The average Bonchev–Trinajstić information content (AvgIpc) is 2.87. The predicted molar refractivity (Wildman–Crippen MR) is 136 cm³/mol. The molecule has 4 aromatic rings. The molecule has 0 bridgehead atoms.